The number of hydrogen-bond acceptors (Lipinski definition) is 4. The summed E-state index contributed by atoms with van der Waals surface area (Å²) in [6.45, 7) is 7.13. The largest absolute Gasteiger partial charge is 0.375 e. The zero-order valence-corrected chi connectivity index (χ0v) is 15.9. The van der Waals surface area contributed by atoms with Crippen LogP contribution in [-0.2, 0) is 0 Å². The van der Waals surface area contributed by atoms with Crippen LogP contribution >= 0.6 is 0 Å². The van der Waals surface area contributed by atoms with Crippen molar-refractivity contribution in [1.29, 1.82) is 0 Å². The molecule has 0 saturated carbocycles. The monoisotopic (exact) mass is 362 g/mol. The smallest absolute Gasteiger partial charge is 0.124 e. The van der Waals surface area contributed by atoms with Crippen LogP contribution in [0.5, 0.6) is 0 Å². The lowest BCUT2D eigenvalue weighted by Gasteiger charge is -2.38. The van der Waals surface area contributed by atoms with Gasteiger partial charge in [0, 0.05) is 55.0 Å². The first-order valence-corrected chi connectivity index (χ1v) is 9.37. The van der Waals surface area contributed by atoms with Crippen LogP contribution in [0.3, 0.4) is 0 Å². The third-order valence-corrected chi connectivity index (χ3v) is 5.79. The Kier molecular flexibility index (Phi) is 3.46. The summed E-state index contributed by atoms with van der Waals surface area (Å²) < 4.78 is 14.4. The topological polar surface area (TPSA) is 39.7 Å². The first kappa shape index (κ1) is 16.5. The zero-order valence-electron chi connectivity index (χ0n) is 15.9. The molecule has 0 saturated heterocycles. The first-order chi connectivity index (χ1) is 12.9. The fourth-order valence-electron chi connectivity index (χ4n) is 4.55. The Labute approximate surface area is 158 Å². The van der Waals surface area contributed by atoms with Gasteiger partial charge in [0.05, 0.1) is 11.4 Å². The average molecular weight is 362 g/mol. The Hall–Kier alpha value is -2.66. The zero-order chi connectivity index (χ0) is 18.8. The van der Waals surface area contributed by atoms with Crippen LogP contribution in [0.25, 0.3) is 11.6 Å². The van der Waals surface area contributed by atoms with E-state index in [1.54, 1.807) is 12.1 Å². The molecule has 0 spiro atoms. The molecule has 0 fully saturated rings. The standard InChI is InChI=1S/C22H23FN4/c1-22(2)12-24-7-6-18(22)17-11-27(3)10-16-15-9-14(23)8-13-4-5-19(20(13)15)25-26-21(16)17/h4-6,8-10,24,26H,7,11-12H2,1-3H3. The summed E-state index contributed by atoms with van der Waals surface area (Å²) in [5, 5.41) is 8.12. The van der Waals surface area contributed by atoms with Gasteiger partial charge in [0.25, 0.3) is 0 Å². The summed E-state index contributed by atoms with van der Waals surface area (Å²) in [5.74, 6) is -0.215. The molecule has 3 heterocycles. The Morgan fingerprint density at radius 1 is 1.22 bits per heavy atom. The molecule has 5 rings (SSSR count). The Morgan fingerprint density at radius 3 is 2.89 bits per heavy atom. The van der Waals surface area contributed by atoms with Crippen molar-refractivity contribution in [3.05, 3.63) is 69.8 Å². The second-order valence-electron chi connectivity index (χ2n) is 8.30. The molecule has 0 atom stereocenters. The molecule has 0 unspecified atom stereocenters. The van der Waals surface area contributed by atoms with Crippen LogP contribution in [0.2, 0.25) is 0 Å². The SMILES string of the molecule is CN1C=C2C(=C(C3=CCNCC3(C)C)C1)NN=C1C=Cc3cc(F)cc2c31. The molecule has 1 aliphatic carbocycles. The van der Waals surface area contributed by atoms with Crippen LogP contribution in [0, 0.1) is 11.2 Å². The van der Waals surface area contributed by atoms with Crippen molar-refractivity contribution in [2.75, 3.05) is 26.7 Å². The normalized spacial score (nSPS) is 22.4. The Balaban J connectivity index is 1.76. The molecule has 3 aliphatic heterocycles. The van der Waals surface area contributed by atoms with E-state index in [0.717, 1.165) is 53.3 Å². The van der Waals surface area contributed by atoms with Crippen molar-refractivity contribution in [2.45, 2.75) is 13.8 Å². The summed E-state index contributed by atoms with van der Waals surface area (Å²) in [5.41, 5.74) is 11.6. The summed E-state index contributed by atoms with van der Waals surface area (Å²) in [6.07, 6.45) is 8.27. The highest BCUT2D eigenvalue weighted by Gasteiger charge is 2.34. The van der Waals surface area contributed by atoms with Gasteiger partial charge in [-0.3, -0.25) is 5.43 Å². The molecule has 0 radical (unpaired) electrons. The van der Waals surface area contributed by atoms with E-state index >= 15 is 0 Å². The van der Waals surface area contributed by atoms with Crippen LogP contribution in [0.4, 0.5) is 4.39 Å². The van der Waals surface area contributed by atoms with Crippen molar-refractivity contribution < 1.29 is 4.39 Å². The number of hydrogen-bond donors (Lipinski definition) is 2. The molecule has 4 aliphatic rings. The molecule has 138 valence electrons. The molecule has 0 aromatic heterocycles. The number of likely N-dealkylation sites (N-methyl/N-ethyl adjacent to an activating group) is 1. The van der Waals surface area contributed by atoms with E-state index < -0.39 is 0 Å². The van der Waals surface area contributed by atoms with E-state index in [1.807, 2.05) is 12.2 Å². The van der Waals surface area contributed by atoms with Crippen LogP contribution < -0.4 is 10.7 Å². The molecule has 5 heteroatoms. The lowest BCUT2D eigenvalue weighted by atomic mass is 9.75. The number of allylic oxidation sites excluding steroid dienone is 2. The van der Waals surface area contributed by atoms with Gasteiger partial charge in [-0.2, -0.15) is 5.10 Å². The molecule has 27 heavy (non-hydrogen) atoms. The molecule has 1 aromatic carbocycles. The molecular weight excluding hydrogens is 339 g/mol. The van der Waals surface area contributed by atoms with Crippen LogP contribution in [-0.4, -0.2) is 37.3 Å². The van der Waals surface area contributed by atoms with Crippen molar-refractivity contribution in [1.82, 2.24) is 15.6 Å². The average Bonchev–Trinajstić information content (AvgIpc) is 2.94. The minimum atomic E-state index is -0.215. The lowest BCUT2D eigenvalue weighted by molar-refractivity contribution is 0.389. The van der Waals surface area contributed by atoms with E-state index in [0.29, 0.717) is 0 Å². The van der Waals surface area contributed by atoms with Crippen LogP contribution in [0.1, 0.15) is 30.5 Å². The van der Waals surface area contributed by atoms with E-state index in [1.165, 1.54) is 11.1 Å². The van der Waals surface area contributed by atoms with Gasteiger partial charge in [-0.15, -0.1) is 0 Å². The third kappa shape index (κ3) is 2.49. The Bertz CT molecular complexity index is 1010. The number of rotatable bonds is 1. The number of fused-ring (bicyclic) bond motifs is 2. The number of halogens is 1. The number of nitrogens with zero attached hydrogens (tertiary/aromatic N) is 2. The van der Waals surface area contributed by atoms with E-state index in [9.17, 15) is 4.39 Å². The van der Waals surface area contributed by atoms with Crippen LogP contribution in [0.15, 0.2) is 52.4 Å². The minimum absolute atomic E-state index is 0.0251. The second kappa shape index (κ2) is 5.67. The van der Waals surface area contributed by atoms with Crippen molar-refractivity contribution in [2.24, 2.45) is 10.5 Å². The van der Waals surface area contributed by atoms with Gasteiger partial charge in [0.1, 0.15) is 5.82 Å². The maximum Gasteiger partial charge on any atom is 0.124 e. The number of hydrazone groups is 1. The quantitative estimate of drug-likeness (QED) is 0.806. The maximum atomic E-state index is 14.4. The predicted octanol–water partition coefficient (Wildman–Crippen LogP) is 3.26. The summed E-state index contributed by atoms with van der Waals surface area (Å²) in [7, 11) is 2.07. The minimum Gasteiger partial charge on any atom is -0.375 e. The first-order valence-electron chi connectivity index (χ1n) is 9.37. The summed E-state index contributed by atoms with van der Waals surface area (Å²) >= 11 is 0. The fraction of sp³-hybridized carbons (Fsp3) is 0.318. The summed E-state index contributed by atoms with van der Waals surface area (Å²) in [4.78, 5) is 2.18. The van der Waals surface area contributed by atoms with Crippen molar-refractivity contribution >= 4 is 17.4 Å². The van der Waals surface area contributed by atoms with Gasteiger partial charge in [-0.1, -0.05) is 26.0 Å². The van der Waals surface area contributed by atoms with Crippen molar-refractivity contribution in [3.63, 3.8) is 0 Å². The predicted molar refractivity (Wildman–Crippen MR) is 107 cm³/mol. The highest BCUT2D eigenvalue weighted by molar-refractivity contribution is 6.20. The fourth-order valence-corrected chi connectivity index (χ4v) is 4.55. The lowest BCUT2D eigenvalue weighted by Crippen LogP contribution is -2.39. The highest BCUT2D eigenvalue weighted by Crippen LogP contribution is 2.42. The highest BCUT2D eigenvalue weighted by atomic mass is 19.1. The summed E-state index contributed by atoms with van der Waals surface area (Å²) in [6, 6.07) is 3.22. The van der Waals surface area contributed by atoms with Gasteiger partial charge < -0.3 is 10.2 Å². The van der Waals surface area contributed by atoms with Gasteiger partial charge in [0.2, 0.25) is 0 Å². The van der Waals surface area contributed by atoms with Gasteiger partial charge in [-0.25, -0.2) is 4.39 Å². The van der Waals surface area contributed by atoms with E-state index in [-0.39, 0.29) is 11.2 Å². The number of nitrogens with one attached hydrogen (secondary N) is 2. The molecular formula is C22H23FN4. The molecule has 1 aromatic rings. The molecule has 2 N–H and O–H groups in total. The van der Waals surface area contributed by atoms with Gasteiger partial charge in [0.15, 0.2) is 0 Å². The second-order valence-corrected chi connectivity index (χ2v) is 8.30. The van der Waals surface area contributed by atoms with Crippen molar-refractivity contribution in [3.8, 4) is 0 Å². The van der Waals surface area contributed by atoms with E-state index in [2.05, 4.69) is 53.9 Å². The molecule has 4 nitrogen and oxygen atoms in total. The van der Waals surface area contributed by atoms with Gasteiger partial charge in [-0.05, 0) is 34.9 Å². The maximum absolute atomic E-state index is 14.4. The molecule has 0 amide bonds. The molecule has 0 bridgehead atoms. The van der Waals surface area contributed by atoms with Gasteiger partial charge >= 0.3 is 0 Å². The Morgan fingerprint density at radius 2 is 2.07 bits per heavy atom. The number of benzene rings is 1. The van der Waals surface area contributed by atoms with E-state index in [4.69, 9.17) is 0 Å². The third-order valence-electron chi connectivity index (χ3n) is 5.79.